The first kappa shape index (κ1) is 24.1. The van der Waals surface area contributed by atoms with Crippen LogP contribution >= 0.6 is 35.3 Å². The molecule has 0 unspecified atom stereocenters. The average molecular weight is 551 g/mol. The van der Waals surface area contributed by atoms with Crippen molar-refractivity contribution in [3.05, 3.63) is 63.6 Å². The molecule has 2 aromatic heterocycles. The van der Waals surface area contributed by atoms with Gasteiger partial charge in [-0.1, -0.05) is 30.3 Å². The molecular formula is C18H21F3IN7S. The van der Waals surface area contributed by atoms with E-state index in [2.05, 4.69) is 30.8 Å². The third kappa shape index (κ3) is 6.65. The van der Waals surface area contributed by atoms with Crippen molar-refractivity contribution in [2.24, 2.45) is 12.0 Å². The third-order valence-corrected chi connectivity index (χ3v) is 4.96. The van der Waals surface area contributed by atoms with E-state index in [4.69, 9.17) is 0 Å². The molecule has 0 atom stereocenters. The number of alkyl halides is 3. The molecule has 2 heterocycles. The fourth-order valence-electron chi connectivity index (χ4n) is 2.38. The van der Waals surface area contributed by atoms with Gasteiger partial charge in [-0.05, 0) is 12.5 Å². The van der Waals surface area contributed by atoms with Crippen LogP contribution in [-0.2, 0) is 32.9 Å². The van der Waals surface area contributed by atoms with Crippen LogP contribution in [-0.4, -0.2) is 25.7 Å². The van der Waals surface area contributed by atoms with E-state index in [0.29, 0.717) is 29.9 Å². The number of aromatic nitrogens is 4. The summed E-state index contributed by atoms with van der Waals surface area (Å²) in [5.41, 5.74) is 0.126. The summed E-state index contributed by atoms with van der Waals surface area (Å²) in [6, 6.07) is 9.65. The van der Waals surface area contributed by atoms with Gasteiger partial charge in [0.1, 0.15) is 10.8 Å². The zero-order chi connectivity index (χ0) is 20.9. The molecule has 0 fully saturated rings. The van der Waals surface area contributed by atoms with Crippen molar-refractivity contribution in [2.75, 3.05) is 0 Å². The lowest BCUT2D eigenvalue weighted by Crippen LogP contribution is -2.37. The second-order valence-electron chi connectivity index (χ2n) is 6.20. The molecule has 3 rings (SSSR count). The van der Waals surface area contributed by atoms with E-state index in [1.807, 2.05) is 48.9 Å². The first-order valence-electron chi connectivity index (χ1n) is 8.75. The van der Waals surface area contributed by atoms with Crippen LogP contribution in [0, 0.1) is 6.92 Å². The Morgan fingerprint density at radius 3 is 2.43 bits per heavy atom. The van der Waals surface area contributed by atoms with E-state index in [0.717, 1.165) is 28.1 Å². The highest BCUT2D eigenvalue weighted by Gasteiger charge is 2.33. The molecule has 0 saturated heterocycles. The Hall–Kier alpha value is -2.22. The number of guanidine groups is 1. The molecule has 1 aromatic carbocycles. The van der Waals surface area contributed by atoms with Crippen LogP contribution < -0.4 is 10.6 Å². The van der Waals surface area contributed by atoms with Gasteiger partial charge in [0.05, 0.1) is 19.6 Å². The van der Waals surface area contributed by atoms with Gasteiger partial charge in [0.2, 0.25) is 0 Å². The van der Waals surface area contributed by atoms with E-state index in [1.54, 1.807) is 0 Å². The van der Waals surface area contributed by atoms with Gasteiger partial charge < -0.3 is 15.2 Å². The molecule has 0 aliphatic heterocycles. The lowest BCUT2D eigenvalue weighted by molar-refractivity contribution is -0.140. The number of thiazole rings is 1. The highest BCUT2D eigenvalue weighted by Crippen LogP contribution is 2.29. The normalized spacial score (nSPS) is 11.8. The van der Waals surface area contributed by atoms with Gasteiger partial charge in [-0.2, -0.15) is 13.2 Å². The summed E-state index contributed by atoms with van der Waals surface area (Å²) in [4.78, 5) is 8.14. The summed E-state index contributed by atoms with van der Waals surface area (Å²) in [5, 5.41) is 15.6. The van der Waals surface area contributed by atoms with Crippen molar-refractivity contribution < 1.29 is 13.2 Å². The number of nitrogens with zero attached hydrogens (tertiary/aromatic N) is 5. The lowest BCUT2D eigenvalue weighted by atomic mass is 10.2. The van der Waals surface area contributed by atoms with Crippen molar-refractivity contribution in [3.63, 3.8) is 0 Å². The first-order chi connectivity index (χ1) is 13.8. The second kappa shape index (κ2) is 10.7. The zero-order valence-electron chi connectivity index (χ0n) is 16.3. The topological polar surface area (TPSA) is 80.0 Å². The maximum atomic E-state index is 12.7. The number of aryl methyl sites for hydroxylation is 1. The number of rotatable bonds is 6. The first-order valence-corrected chi connectivity index (χ1v) is 9.63. The van der Waals surface area contributed by atoms with Crippen LogP contribution in [0.4, 0.5) is 13.2 Å². The summed E-state index contributed by atoms with van der Waals surface area (Å²) < 4.78 is 40.0. The molecule has 0 saturated carbocycles. The van der Waals surface area contributed by atoms with Crippen LogP contribution in [0.3, 0.4) is 0 Å². The maximum Gasteiger partial charge on any atom is 0.434 e. The van der Waals surface area contributed by atoms with Crippen molar-refractivity contribution in [1.82, 2.24) is 30.4 Å². The standard InChI is InChI=1S/C18H20F3N7S.HI/c1-12-26-27-15(28(12)2)9-23-17(22-8-13-6-4-3-5-7-13)24-10-16-25-14(11-29-16)18(19,20)21;/h3-7,11H,8-10H2,1-2H3,(H2,22,23,24);1H. The highest BCUT2D eigenvalue weighted by atomic mass is 127. The maximum absolute atomic E-state index is 12.7. The van der Waals surface area contributed by atoms with Gasteiger partial charge in [0.25, 0.3) is 0 Å². The van der Waals surface area contributed by atoms with Gasteiger partial charge in [0.15, 0.2) is 17.5 Å². The number of halogens is 4. The minimum Gasteiger partial charge on any atom is -0.350 e. The van der Waals surface area contributed by atoms with Crippen LogP contribution in [0.5, 0.6) is 0 Å². The Morgan fingerprint density at radius 1 is 1.13 bits per heavy atom. The van der Waals surface area contributed by atoms with E-state index in [1.165, 1.54) is 0 Å². The van der Waals surface area contributed by atoms with Crippen molar-refractivity contribution in [2.45, 2.75) is 32.7 Å². The van der Waals surface area contributed by atoms with Gasteiger partial charge in [0, 0.05) is 12.4 Å². The molecule has 0 spiro atoms. The quantitative estimate of drug-likeness (QED) is 0.278. The molecule has 30 heavy (non-hydrogen) atoms. The third-order valence-electron chi connectivity index (χ3n) is 4.11. The van der Waals surface area contributed by atoms with E-state index in [-0.39, 0.29) is 30.5 Å². The minimum absolute atomic E-state index is 0. The molecule has 2 N–H and O–H groups in total. The Labute approximate surface area is 192 Å². The van der Waals surface area contributed by atoms with Gasteiger partial charge in [-0.15, -0.1) is 45.5 Å². The second-order valence-corrected chi connectivity index (χ2v) is 7.15. The van der Waals surface area contributed by atoms with Crippen LogP contribution in [0.25, 0.3) is 0 Å². The Morgan fingerprint density at radius 2 is 1.83 bits per heavy atom. The summed E-state index contributed by atoms with van der Waals surface area (Å²) >= 11 is 0.950. The van der Waals surface area contributed by atoms with Crippen molar-refractivity contribution >= 4 is 41.3 Å². The predicted octanol–water partition coefficient (Wildman–Crippen LogP) is 3.65. The zero-order valence-corrected chi connectivity index (χ0v) is 19.4. The summed E-state index contributed by atoms with van der Waals surface area (Å²) in [7, 11) is 1.86. The average Bonchev–Trinajstić information content (AvgIpc) is 3.30. The summed E-state index contributed by atoms with van der Waals surface area (Å²) in [6.07, 6.45) is -4.44. The minimum atomic E-state index is -4.44. The van der Waals surface area contributed by atoms with Crippen LogP contribution in [0.15, 0.2) is 40.7 Å². The molecule has 0 aliphatic rings. The van der Waals surface area contributed by atoms with Crippen LogP contribution in [0.1, 0.15) is 27.9 Å². The molecule has 0 amide bonds. The van der Waals surface area contributed by atoms with Gasteiger partial charge in [-0.3, -0.25) is 0 Å². The number of nitrogens with one attached hydrogen (secondary N) is 2. The molecule has 3 aromatic rings. The molecule has 162 valence electrons. The SMILES string of the molecule is Cc1nnc(CNC(=NCc2ccccc2)NCc2nc(C(F)(F)F)cs2)n1C.I. The molecule has 0 radical (unpaired) electrons. The molecule has 0 aliphatic carbocycles. The molecule has 7 nitrogen and oxygen atoms in total. The number of benzene rings is 1. The fourth-order valence-corrected chi connectivity index (χ4v) is 3.12. The number of hydrogen-bond acceptors (Lipinski definition) is 5. The molecule has 12 heteroatoms. The van der Waals surface area contributed by atoms with E-state index >= 15 is 0 Å². The van der Waals surface area contributed by atoms with E-state index in [9.17, 15) is 13.2 Å². The van der Waals surface area contributed by atoms with Gasteiger partial charge >= 0.3 is 6.18 Å². The predicted molar refractivity (Wildman–Crippen MR) is 120 cm³/mol. The molecular weight excluding hydrogens is 530 g/mol. The van der Waals surface area contributed by atoms with Crippen LogP contribution in [0.2, 0.25) is 0 Å². The Balaban J connectivity index is 0.00000320. The van der Waals surface area contributed by atoms with E-state index < -0.39 is 11.9 Å². The largest absolute Gasteiger partial charge is 0.434 e. The monoisotopic (exact) mass is 551 g/mol. The van der Waals surface area contributed by atoms with Crippen molar-refractivity contribution in [3.8, 4) is 0 Å². The Bertz CT molecular complexity index is 970. The highest BCUT2D eigenvalue weighted by molar-refractivity contribution is 14.0. The summed E-state index contributed by atoms with van der Waals surface area (Å²) in [5.74, 6) is 1.93. The number of aliphatic imine (C=N–C) groups is 1. The number of hydrogen-bond donors (Lipinski definition) is 2. The Kier molecular flexibility index (Phi) is 8.58. The van der Waals surface area contributed by atoms with Crippen molar-refractivity contribution in [1.29, 1.82) is 0 Å². The lowest BCUT2D eigenvalue weighted by Gasteiger charge is -2.12. The fraction of sp³-hybridized carbons (Fsp3) is 0.333. The molecule has 0 bridgehead atoms. The summed E-state index contributed by atoms with van der Waals surface area (Å²) in [6.45, 7) is 2.75. The smallest absolute Gasteiger partial charge is 0.350 e. The van der Waals surface area contributed by atoms with Gasteiger partial charge in [-0.25, -0.2) is 9.98 Å².